The smallest absolute Gasteiger partial charge is 0.411 e. The molecule has 1 aromatic rings. The Morgan fingerprint density at radius 3 is 2.65 bits per heavy atom. The van der Waals surface area contributed by atoms with Crippen molar-refractivity contribution in [3.63, 3.8) is 0 Å². The van der Waals surface area contributed by atoms with Crippen LogP contribution in [0, 0.1) is 0 Å². The van der Waals surface area contributed by atoms with Gasteiger partial charge in [-0.2, -0.15) is 0 Å². The van der Waals surface area contributed by atoms with E-state index in [1.54, 1.807) is 26.8 Å². The summed E-state index contributed by atoms with van der Waals surface area (Å²) in [6, 6.07) is 0.614. The zero-order chi connectivity index (χ0) is 17.2. The Labute approximate surface area is 136 Å². The highest BCUT2D eigenvalue weighted by molar-refractivity contribution is 6.32. The van der Waals surface area contributed by atoms with Crippen LogP contribution in [0.1, 0.15) is 27.2 Å². The summed E-state index contributed by atoms with van der Waals surface area (Å²) in [5.41, 5.74) is -0.254. The summed E-state index contributed by atoms with van der Waals surface area (Å²) < 4.78 is 10.9. The van der Waals surface area contributed by atoms with Crippen molar-refractivity contribution in [3.05, 3.63) is 18.5 Å². The molecule has 1 aromatic heterocycles. The number of hydrogen-bond acceptors (Lipinski definition) is 5. The molecule has 0 aromatic carbocycles. The molecule has 0 bridgehead atoms. The van der Waals surface area contributed by atoms with Crippen LogP contribution in [-0.4, -0.2) is 59.2 Å². The van der Waals surface area contributed by atoms with Crippen molar-refractivity contribution in [2.75, 3.05) is 6.54 Å². The average molecular weight is 318 g/mol. The van der Waals surface area contributed by atoms with Crippen molar-refractivity contribution in [3.8, 4) is 5.75 Å². The van der Waals surface area contributed by atoms with E-state index in [1.165, 1.54) is 17.3 Å². The molecule has 0 aliphatic carbocycles. The van der Waals surface area contributed by atoms with Gasteiger partial charge in [-0.15, -0.1) is 0 Å². The van der Waals surface area contributed by atoms with E-state index < -0.39 is 29.8 Å². The van der Waals surface area contributed by atoms with E-state index in [9.17, 15) is 14.7 Å². The Bertz CT molecular complexity index is 602. The lowest BCUT2D eigenvalue weighted by atomic mass is 9.99. The van der Waals surface area contributed by atoms with E-state index in [1.807, 2.05) is 0 Å². The Morgan fingerprint density at radius 1 is 1.39 bits per heavy atom. The van der Waals surface area contributed by atoms with Gasteiger partial charge >= 0.3 is 12.1 Å². The van der Waals surface area contributed by atoms with Gasteiger partial charge in [0.2, 0.25) is 0 Å². The third kappa shape index (κ3) is 4.61. The molecule has 0 spiro atoms. The topological polar surface area (TPSA) is 89.0 Å². The van der Waals surface area contributed by atoms with Crippen LogP contribution in [0.15, 0.2) is 18.5 Å². The van der Waals surface area contributed by atoms with E-state index in [4.69, 9.17) is 17.3 Å². The Hall–Kier alpha value is -2.25. The molecule has 1 fully saturated rings. The monoisotopic (exact) mass is 318 g/mol. The molecule has 8 heteroatoms. The summed E-state index contributed by atoms with van der Waals surface area (Å²) in [5, 5.41) is 9.32. The molecule has 2 radical (unpaired) electrons. The number of aliphatic carboxylic acids is 1. The van der Waals surface area contributed by atoms with Crippen LogP contribution in [0.3, 0.4) is 0 Å². The number of rotatable bonds is 3. The van der Waals surface area contributed by atoms with Gasteiger partial charge in [-0.3, -0.25) is 9.88 Å². The quantitative estimate of drug-likeness (QED) is 0.826. The number of aromatic nitrogens is 1. The van der Waals surface area contributed by atoms with Crippen LogP contribution in [0.5, 0.6) is 5.75 Å². The van der Waals surface area contributed by atoms with Gasteiger partial charge in [0.15, 0.2) is 0 Å². The second kappa shape index (κ2) is 6.48. The fraction of sp³-hybridized carbons (Fsp3) is 0.533. The fourth-order valence-electron chi connectivity index (χ4n) is 2.33. The number of carbonyl (C=O) groups excluding carboxylic acids is 1. The predicted molar refractivity (Wildman–Crippen MR) is 83.0 cm³/mol. The minimum Gasteiger partial charge on any atom is -0.487 e. The average Bonchev–Trinajstić information content (AvgIpc) is 2.81. The first-order valence-electron chi connectivity index (χ1n) is 7.25. The molecule has 122 valence electrons. The van der Waals surface area contributed by atoms with Crippen molar-refractivity contribution >= 4 is 25.4 Å². The maximum atomic E-state index is 12.2. The van der Waals surface area contributed by atoms with Crippen LogP contribution >= 0.6 is 0 Å². The number of carboxylic acid groups (broad SMARTS) is 1. The molecular weight excluding hydrogens is 299 g/mol. The van der Waals surface area contributed by atoms with Crippen molar-refractivity contribution in [1.29, 1.82) is 0 Å². The summed E-state index contributed by atoms with van der Waals surface area (Å²) in [7, 11) is 5.63. The van der Waals surface area contributed by atoms with E-state index in [0.29, 0.717) is 11.2 Å². The van der Waals surface area contributed by atoms with Crippen LogP contribution in [0.25, 0.3) is 0 Å². The van der Waals surface area contributed by atoms with Crippen LogP contribution in [-0.2, 0) is 9.53 Å². The van der Waals surface area contributed by atoms with E-state index in [2.05, 4.69) is 4.98 Å². The SMILES string of the molecule is [B]c1cncc(O[C@@H]2CC(C(=O)O)N(C(=O)OC(C)(C)C)C2)c1. The normalized spacial score (nSPS) is 21.1. The van der Waals surface area contributed by atoms with E-state index in [0.717, 1.165) is 0 Å². The van der Waals surface area contributed by atoms with Gasteiger partial charge in [-0.05, 0) is 26.8 Å². The fourth-order valence-corrected chi connectivity index (χ4v) is 2.33. The van der Waals surface area contributed by atoms with Crippen LogP contribution in [0.2, 0.25) is 0 Å². The van der Waals surface area contributed by atoms with E-state index >= 15 is 0 Å². The van der Waals surface area contributed by atoms with Crippen LogP contribution in [0.4, 0.5) is 4.79 Å². The molecular formula is C15H19BN2O5. The van der Waals surface area contributed by atoms with Crippen molar-refractivity contribution < 1.29 is 24.2 Å². The molecule has 2 heterocycles. The van der Waals surface area contributed by atoms with Crippen LogP contribution < -0.4 is 10.2 Å². The lowest BCUT2D eigenvalue weighted by molar-refractivity contribution is -0.142. The Morgan fingerprint density at radius 2 is 2.09 bits per heavy atom. The summed E-state index contributed by atoms with van der Waals surface area (Å²) >= 11 is 0. The zero-order valence-corrected chi connectivity index (χ0v) is 13.4. The Kier molecular flexibility index (Phi) is 4.82. The molecule has 0 saturated carbocycles. The molecule has 1 unspecified atom stereocenters. The second-order valence-corrected chi connectivity index (χ2v) is 6.42. The first-order chi connectivity index (χ1) is 10.7. The van der Waals surface area contributed by atoms with Gasteiger partial charge in [-0.25, -0.2) is 9.59 Å². The minimum atomic E-state index is -1.09. The Balaban J connectivity index is 2.08. The summed E-state index contributed by atoms with van der Waals surface area (Å²) in [5.74, 6) is -0.655. The lowest BCUT2D eigenvalue weighted by Gasteiger charge is -2.26. The highest BCUT2D eigenvalue weighted by Crippen LogP contribution is 2.24. The number of nitrogens with zero attached hydrogens (tertiary/aromatic N) is 2. The van der Waals surface area contributed by atoms with Gasteiger partial charge in [0, 0.05) is 12.6 Å². The zero-order valence-electron chi connectivity index (χ0n) is 13.4. The molecule has 23 heavy (non-hydrogen) atoms. The number of likely N-dealkylation sites (tertiary alicyclic amines) is 1. The summed E-state index contributed by atoms with van der Waals surface area (Å²) in [6.07, 6.45) is 2.01. The standard InChI is InChI=1S/C15H19BN2O5/c1-15(2,3)23-14(21)18-8-11(5-12(18)13(19)20)22-10-4-9(16)6-17-7-10/h4,6-7,11-12H,5,8H2,1-3H3,(H,19,20)/t11-,12?/m1/s1. The predicted octanol–water partition coefficient (Wildman–Crippen LogP) is 0.717. The van der Waals surface area contributed by atoms with Gasteiger partial charge < -0.3 is 14.6 Å². The second-order valence-electron chi connectivity index (χ2n) is 6.42. The largest absolute Gasteiger partial charge is 0.487 e. The molecule has 2 atom stereocenters. The molecule has 1 aliphatic heterocycles. The maximum absolute atomic E-state index is 12.2. The third-order valence-electron chi connectivity index (χ3n) is 3.21. The number of amides is 1. The van der Waals surface area contributed by atoms with Gasteiger partial charge in [-0.1, -0.05) is 5.46 Å². The number of ether oxygens (including phenoxy) is 2. The number of pyridine rings is 1. The summed E-state index contributed by atoms with van der Waals surface area (Å²) in [6.45, 7) is 5.30. The maximum Gasteiger partial charge on any atom is 0.411 e. The highest BCUT2D eigenvalue weighted by Gasteiger charge is 2.42. The molecule has 7 nitrogen and oxygen atoms in total. The third-order valence-corrected chi connectivity index (χ3v) is 3.21. The van der Waals surface area contributed by atoms with Crippen molar-refractivity contribution in [2.24, 2.45) is 0 Å². The first kappa shape index (κ1) is 17.1. The van der Waals surface area contributed by atoms with Crippen molar-refractivity contribution in [1.82, 2.24) is 9.88 Å². The van der Waals surface area contributed by atoms with Gasteiger partial charge in [0.1, 0.15) is 31.3 Å². The molecule has 2 rings (SSSR count). The summed E-state index contributed by atoms with van der Waals surface area (Å²) in [4.78, 5) is 28.7. The van der Waals surface area contributed by atoms with E-state index in [-0.39, 0.29) is 13.0 Å². The number of carboxylic acids is 1. The number of carbonyl (C=O) groups is 2. The molecule has 1 N–H and O–H groups in total. The van der Waals surface area contributed by atoms with Gasteiger partial charge in [0.05, 0.1) is 12.7 Å². The highest BCUT2D eigenvalue weighted by atomic mass is 16.6. The van der Waals surface area contributed by atoms with Crippen molar-refractivity contribution in [2.45, 2.75) is 44.9 Å². The minimum absolute atomic E-state index is 0.126. The first-order valence-corrected chi connectivity index (χ1v) is 7.25. The molecule has 1 amide bonds. The lowest BCUT2D eigenvalue weighted by Crippen LogP contribution is -2.43. The molecule has 1 saturated heterocycles. The molecule has 1 aliphatic rings. The van der Waals surface area contributed by atoms with Gasteiger partial charge in [0.25, 0.3) is 0 Å². The number of hydrogen-bond donors (Lipinski definition) is 1.